The summed E-state index contributed by atoms with van der Waals surface area (Å²) in [4.78, 5) is 21.6. The molecule has 0 saturated carbocycles. The molecule has 2 N–H and O–H groups in total. The maximum Gasteiger partial charge on any atom is 0.258 e. The SMILES string of the molecule is CCCN(CCC)CCCOc1cc(C(=O)N2CC[C@H](C)Nc3ccccc32)ccc1-c1ccc2[nH]ccc2c1. The van der Waals surface area contributed by atoms with Crippen molar-refractivity contribution in [1.82, 2.24) is 9.88 Å². The molecule has 1 amide bonds. The average molecular weight is 539 g/mol. The highest BCUT2D eigenvalue weighted by molar-refractivity contribution is 6.08. The van der Waals surface area contributed by atoms with Crippen LogP contribution in [-0.2, 0) is 0 Å². The predicted molar refractivity (Wildman–Crippen MR) is 167 cm³/mol. The van der Waals surface area contributed by atoms with E-state index < -0.39 is 0 Å². The van der Waals surface area contributed by atoms with E-state index in [0.717, 1.165) is 84.5 Å². The Morgan fingerprint density at radius 2 is 1.82 bits per heavy atom. The predicted octanol–water partition coefficient (Wildman–Crippen LogP) is 7.58. The van der Waals surface area contributed by atoms with Crippen molar-refractivity contribution in [3.8, 4) is 16.9 Å². The number of nitrogens with one attached hydrogen (secondary N) is 2. The lowest BCUT2D eigenvalue weighted by Crippen LogP contribution is -2.32. The van der Waals surface area contributed by atoms with E-state index in [0.29, 0.717) is 24.8 Å². The van der Waals surface area contributed by atoms with Crippen molar-refractivity contribution in [2.24, 2.45) is 0 Å². The largest absolute Gasteiger partial charge is 0.493 e. The number of hydrogen-bond donors (Lipinski definition) is 2. The molecule has 0 unspecified atom stereocenters. The fourth-order valence-corrected chi connectivity index (χ4v) is 5.65. The lowest BCUT2D eigenvalue weighted by Gasteiger charge is -2.23. The van der Waals surface area contributed by atoms with Crippen LogP contribution in [0.4, 0.5) is 11.4 Å². The summed E-state index contributed by atoms with van der Waals surface area (Å²) in [5, 5.41) is 4.70. The van der Waals surface area contributed by atoms with Gasteiger partial charge in [0, 0.05) is 42.0 Å². The number of aromatic nitrogens is 1. The Bertz CT molecular complexity index is 1420. The first-order chi connectivity index (χ1) is 19.6. The standard InChI is InChI=1S/C34H42N4O2/c1-4-18-37(19-5-2)20-8-22-40-33-24-28(11-13-29(33)26-12-14-30-27(23-26)15-17-35-30)34(39)38-21-16-25(3)36-31-9-6-7-10-32(31)38/h6-7,9-15,17,23-25,35-36H,4-5,8,16,18-22H2,1-3H3/t25-/m0/s1. The third-order valence-electron chi connectivity index (χ3n) is 7.68. The number of rotatable bonds is 11. The first-order valence-corrected chi connectivity index (χ1v) is 14.8. The number of benzene rings is 3. The van der Waals surface area contributed by atoms with Gasteiger partial charge in [0.05, 0.1) is 18.0 Å². The second-order valence-electron chi connectivity index (χ2n) is 10.8. The summed E-state index contributed by atoms with van der Waals surface area (Å²) < 4.78 is 6.46. The summed E-state index contributed by atoms with van der Waals surface area (Å²) >= 11 is 0. The number of fused-ring (bicyclic) bond motifs is 2. The van der Waals surface area contributed by atoms with Gasteiger partial charge in [-0.3, -0.25) is 4.79 Å². The molecule has 210 valence electrons. The molecular formula is C34H42N4O2. The van der Waals surface area contributed by atoms with Gasteiger partial charge in [-0.15, -0.1) is 0 Å². The quantitative estimate of drug-likeness (QED) is 0.193. The minimum atomic E-state index is -0.00194. The van der Waals surface area contributed by atoms with Gasteiger partial charge in [-0.25, -0.2) is 0 Å². The van der Waals surface area contributed by atoms with E-state index in [-0.39, 0.29) is 5.91 Å². The second-order valence-corrected chi connectivity index (χ2v) is 10.8. The van der Waals surface area contributed by atoms with E-state index >= 15 is 0 Å². The van der Waals surface area contributed by atoms with Gasteiger partial charge in [0.15, 0.2) is 0 Å². The van der Waals surface area contributed by atoms with Crippen LogP contribution in [0.25, 0.3) is 22.0 Å². The van der Waals surface area contributed by atoms with E-state index in [9.17, 15) is 4.79 Å². The Morgan fingerprint density at radius 1 is 1.00 bits per heavy atom. The first kappa shape index (κ1) is 27.8. The summed E-state index contributed by atoms with van der Waals surface area (Å²) in [6.45, 7) is 11.1. The van der Waals surface area contributed by atoms with Gasteiger partial charge in [-0.05, 0) is 105 Å². The average Bonchev–Trinajstić information content (AvgIpc) is 3.37. The van der Waals surface area contributed by atoms with Crippen molar-refractivity contribution in [2.45, 2.75) is 52.5 Å². The zero-order valence-electron chi connectivity index (χ0n) is 24.1. The van der Waals surface area contributed by atoms with Crippen molar-refractivity contribution in [1.29, 1.82) is 0 Å². The maximum atomic E-state index is 14.0. The van der Waals surface area contributed by atoms with E-state index in [1.807, 2.05) is 53.6 Å². The molecule has 2 heterocycles. The lowest BCUT2D eigenvalue weighted by molar-refractivity contribution is 0.0986. The van der Waals surface area contributed by atoms with E-state index in [1.165, 1.54) is 0 Å². The molecule has 6 heteroatoms. The third kappa shape index (κ3) is 6.34. The number of carbonyl (C=O) groups excluding carboxylic acids is 1. The van der Waals surface area contributed by atoms with Crippen molar-refractivity contribution in [3.05, 3.63) is 78.5 Å². The van der Waals surface area contributed by atoms with Crippen LogP contribution in [-0.4, -0.2) is 54.6 Å². The van der Waals surface area contributed by atoms with Gasteiger partial charge in [0.2, 0.25) is 0 Å². The summed E-state index contributed by atoms with van der Waals surface area (Å²) in [6, 6.07) is 22.8. The number of carbonyl (C=O) groups is 1. The molecule has 6 nitrogen and oxygen atoms in total. The second kappa shape index (κ2) is 13.1. The molecule has 1 aromatic heterocycles. The smallest absolute Gasteiger partial charge is 0.258 e. The Kier molecular flexibility index (Phi) is 9.07. The molecule has 4 aromatic rings. The summed E-state index contributed by atoms with van der Waals surface area (Å²) in [6.07, 6.45) is 6.10. The molecule has 1 atom stereocenters. The number of nitrogens with zero attached hydrogens (tertiary/aromatic N) is 2. The van der Waals surface area contributed by atoms with Crippen LogP contribution in [0.1, 0.15) is 56.8 Å². The number of amides is 1. The molecule has 0 aliphatic carbocycles. The Hall–Kier alpha value is -3.77. The summed E-state index contributed by atoms with van der Waals surface area (Å²) in [7, 11) is 0. The third-order valence-corrected chi connectivity index (χ3v) is 7.68. The van der Waals surface area contributed by atoms with Crippen LogP contribution >= 0.6 is 0 Å². The van der Waals surface area contributed by atoms with E-state index in [4.69, 9.17) is 4.74 Å². The van der Waals surface area contributed by atoms with Gasteiger partial charge in [-0.1, -0.05) is 32.0 Å². The number of H-pyrrole nitrogens is 1. The van der Waals surface area contributed by atoms with Crippen molar-refractivity contribution in [3.63, 3.8) is 0 Å². The molecule has 5 rings (SSSR count). The minimum absolute atomic E-state index is 0.00194. The monoisotopic (exact) mass is 538 g/mol. The Morgan fingerprint density at radius 3 is 2.65 bits per heavy atom. The zero-order chi connectivity index (χ0) is 27.9. The molecular weight excluding hydrogens is 496 g/mol. The Labute approximate surface area is 238 Å². The maximum absolute atomic E-state index is 14.0. The van der Waals surface area contributed by atoms with Crippen molar-refractivity contribution in [2.75, 3.05) is 43.0 Å². The van der Waals surface area contributed by atoms with Crippen LogP contribution in [0.5, 0.6) is 5.75 Å². The fraction of sp³-hybridized carbons (Fsp3) is 0.382. The molecule has 40 heavy (non-hydrogen) atoms. The van der Waals surface area contributed by atoms with Gasteiger partial charge < -0.3 is 24.8 Å². The van der Waals surface area contributed by atoms with Crippen molar-refractivity contribution >= 4 is 28.2 Å². The lowest BCUT2D eigenvalue weighted by atomic mass is 10.0. The van der Waals surface area contributed by atoms with Gasteiger partial charge in [0.1, 0.15) is 5.75 Å². The molecule has 0 spiro atoms. The van der Waals surface area contributed by atoms with Crippen LogP contribution in [0.3, 0.4) is 0 Å². The highest BCUT2D eigenvalue weighted by Gasteiger charge is 2.25. The van der Waals surface area contributed by atoms with Crippen molar-refractivity contribution < 1.29 is 9.53 Å². The number of para-hydroxylation sites is 2. The van der Waals surface area contributed by atoms with Gasteiger partial charge in [0.25, 0.3) is 5.91 Å². The van der Waals surface area contributed by atoms with Crippen LogP contribution in [0.15, 0.2) is 72.9 Å². The van der Waals surface area contributed by atoms with E-state index in [1.54, 1.807) is 0 Å². The number of ether oxygens (including phenoxy) is 1. The van der Waals surface area contributed by atoms with Gasteiger partial charge >= 0.3 is 0 Å². The number of aromatic amines is 1. The molecule has 1 aliphatic rings. The summed E-state index contributed by atoms with van der Waals surface area (Å²) in [5.74, 6) is 0.755. The Balaban J connectivity index is 1.43. The minimum Gasteiger partial charge on any atom is -0.493 e. The van der Waals surface area contributed by atoms with E-state index in [2.05, 4.69) is 60.2 Å². The normalized spacial score (nSPS) is 15.1. The molecule has 0 radical (unpaired) electrons. The zero-order valence-corrected chi connectivity index (χ0v) is 24.1. The highest BCUT2D eigenvalue weighted by Crippen LogP contribution is 2.35. The summed E-state index contributed by atoms with van der Waals surface area (Å²) in [5.41, 5.74) is 5.76. The molecule has 0 fully saturated rings. The fourth-order valence-electron chi connectivity index (χ4n) is 5.65. The van der Waals surface area contributed by atoms with Gasteiger partial charge in [-0.2, -0.15) is 0 Å². The van der Waals surface area contributed by atoms with Crippen LogP contribution < -0.4 is 15.0 Å². The first-order valence-electron chi connectivity index (χ1n) is 14.8. The molecule has 0 bridgehead atoms. The van der Waals surface area contributed by atoms with Crippen LogP contribution in [0, 0.1) is 0 Å². The van der Waals surface area contributed by atoms with Crippen LogP contribution in [0.2, 0.25) is 0 Å². The molecule has 3 aromatic carbocycles. The topological polar surface area (TPSA) is 60.6 Å². The number of hydrogen-bond acceptors (Lipinski definition) is 4. The highest BCUT2D eigenvalue weighted by atomic mass is 16.5. The number of anilines is 2. The molecule has 0 saturated heterocycles. The molecule has 1 aliphatic heterocycles.